The van der Waals surface area contributed by atoms with E-state index in [1.807, 2.05) is 18.2 Å². The first-order chi connectivity index (χ1) is 17.8. The van der Waals surface area contributed by atoms with Gasteiger partial charge in [-0.2, -0.15) is 0 Å². The van der Waals surface area contributed by atoms with Gasteiger partial charge in [-0.05, 0) is 92.2 Å². The maximum Gasteiger partial charge on any atom is 0.337 e. The summed E-state index contributed by atoms with van der Waals surface area (Å²) in [4.78, 5) is 27.1. The van der Waals surface area contributed by atoms with E-state index in [-0.39, 0.29) is 17.3 Å². The van der Waals surface area contributed by atoms with Crippen LogP contribution in [0.15, 0.2) is 60.4 Å². The molecule has 0 radical (unpaired) electrons. The van der Waals surface area contributed by atoms with Crippen LogP contribution < -0.4 is 5.32 Å². The standard InChI is InChI=1S/C31H42N2O4/c1-22-5-12-27(36-3)13-14-31(16-18-33(21-25-6-7-25)28(19-22)23(31)2)15-17-32-29(34)20-24-8-10-26(11-9-24)30(35)37-4/h5,8-13,23,25,28H,1,6-7,14-21H2,2-4H3,(H,32,34)/b12-5-,27-13+/t23-,28+,31+/m0/s1. The molecule has 3 aliphatic rings. The lowest BCUT2D eigenvalue weighted by atomic mass is 9.62. The van der Waals surface area contributed by atoms with Crippen LogP contribution in [0.5, 0.6) is 0 Å². The smallest absolute Gasteiger partial charge is 0.337 e. The molecule has 1 amide bonds. The highest BCUT2D eigenvalue weighted by molar-refractivity contribution is 5.89. The lowest BCUT2D eigenvalue weighted by molar-refractivity contribution is -0.120. The third kappa shape index (κ3) is 6.92. The van der Waals surface area contributed by atoms with Crippen molar-refractivity contribution in [3.8, 4) is 0 Å². The van der Waals surface area contributed by atoms with Gasteiger partial charge >= 0.3 is 5.97 Å². The summed E-state index contributed by atoms with van der Waals surface area (Å²) in [5, 5.41) is 3.17. The van der Waals surface area contributed by atoms with Crippen molar-refractivity contribution in [3.63, 3.8) is 0 Å². The number of ether oxygens (including phenoxy) is 2. The number of carbonyl (C=O) groups is 2. The van der Waals surface area contributed by atoms with E-state index in [1.54, 1.807) is 19.2 Å². The van der Waals surface area contributed by atoms with Crippen LogP contribution >= 0.6 is 0 Å². The van der Waals surface area contributed by atoms with Gasteiger partial charge in [0, 0.05) is 19.1 Å². The summed E-state index contributed by atoms with van der Waals surface area (Å²) in [7, 11) is 3.08. The molecule has 1 N–H and O–H groups in total. The van der Waals surface area contributed by atoms with Crippen molar-refractivity contribution in [1.29, 1.82) is 0 Å². The monoisotopic (exact) mass is 506 g/mol. The van der Waals surface area contributed by atoms with Crippen molar-refractivity contribution >= 4 is 11.9 Å². The Bertz CT molecular complexity index is 1040. The Labute approximate surface area is 221 Å². The second-order valence-corrected chi connectivity index (χ2v) is 11.1. The maximum absolute atomic E-state index is 12.8. The highest BCUT2D eigenvalue weighted by Gasteiger charge is 2.46. The van der Waals surface area contributed by atoms with Crippen molar-refractivity contribution in [3.05, 3.63) is 71.5 Å². The normalized spacial score (nSPS) is 28.5. The topological polar surface area (TPSA) is 67.9 Å². The lowest BCUT2D eigenvalue weighted by Gasteiger charge is -2.52. The third-order valence-corrected chi connectivity index (χ3v) is 8.68. The van der Waals surface area contributed by atoms with E-state index in [2.05, 4.69) is 35.9 Å². The van der Waals surface area contributed by atoms with Crippen molar-refractivity contribution in [2.45, 2.75) is 57.9 Å². The molecule has 1 aromatic rings. The molecule has 1 aliphatic heterocycles. The Morgan fingerprint density at radius 3 is 2.59 bits per heavy atom. The van der Waals surface area contributed by atoms with Crippen molar-refractivity contribution in [2.75, 3.05) is 33.9 Å². The van der Waals surface area contributed by atoms with Crippen molar-refractivity contribution < 1.29 is 19.1 Å². The van der Waals surface area contributed by atoms with Crippen molar-refractivity contribution in [1.82, 2.24) is 10.2 Å². The van der Waals surface area contributed by atoms with E-state index in [4.69, 9.17) is 9.47 Å². The lowest BCUT2D eigenvalue weighted by Crippen LogP contribution is -2.54. The first kappa shape index (κ1) is 27.2. The molecule has 200 valence electrons. The van der Waals surface area contributed by atoms with Crippen LogP contribution in [0, 0.1) is 17.3 Å². The number of methoxy groups -OCH3 is 2. The van der Waals surface area contributed by atoms with E-state index in [0.29, 0.717) is 30.5 Å². The van der Waals surface area contributed by atoms with Gasteiger partial charge in [-0.3, -0.25) is 9.69 Å². The second-order valence-electron chi connectivity index (χ2n) is 11.1. The molecule has 2 aliphatic carbocycles. The minimum atomic E-state index is -0.374. The van der Waals surface area contributed by atoms with Gasteiger partial charge in [-0.15, -0.1) is 0 Å². The van der Waals surface area contributed by atoms with Gasteiger partial charge in [0.25, 0.3) is 0 Å². The Morgan fingerprint density at radius 1 is 1.16 bits per heavy atom. The predicted molar refractivity (Wildman–Crippen MR) is 146 cm³/mol. The summed E-state index contributed by atoms with van der Waals surface area (Å²) in [5.74, 6) is 1.84. The van der Waals surface area contributed by atoms with E-state index < -0.39 is 0 Å². The number of nitrogens with zero attached hydrogens (tertiary/aromatic N) is 1. The zero-order chi connectivity index (χ0) is 26.4. The van der Waals surface area contributed by atoms with Crippen LogP contribution in [0.25, 0.3) is 0 Å². The molecule has 0 aromatic heterocycles. The largest absolute Gasteiger partial charge is 0.497 e. The summed E-state index contributed by atoms with van der Waals surface area (Å²) < 4.78 is 10.4. The van der Waals surface area contributed by atoms with Crippen LogP contribution in [-0.2, 0) is 20.7 Å². The molecule has 0 spiro atoms. The summed E-state index contributed by atoms with van der Waals surface area (Å²) in [6.45, 7) is 9.71. The molecule has 6 nitrogen and oxygen atoms in total. The first-order valence-electron chi connectivity index (χ1n) is 13.6. The number of carbonyl (C=O) groups excluding carboxylic acids is 2. The van der Waals surface area contributed by atoms with E-state index in [0.717, 1.165) is 55.0 Å². The summed E-state index contributed by atoms with van der Waals surface area (Å²) in [6, 6.07) is 7.49. The Balaban J connectivity index is 1.43. The third-order valence-electron chi connectivity index (χ3n) is 8.68. The number of fused-ring (bicyclic) bond motifs is 2. The highest BCUT2D eigenvalue weighted by atomic mass is 16.5. The van der Waals surface area contributed by atoms with E-state index in [1.165, 1.54) is 26.5 Å². The zero-order valence-corrected chi connectivity index (χ0v) is 22.6. The fourth-order valence-corrected chi connectivity index (χ4v) is 6.03. The number of esters is 1. The molecule has 37 heavy (non-hydrogen) atoms. The number of likely N-dealkylation sites (tertiary alicyclic amines) is 1. The fraction of sp³-hybridized carbons (Fsp3) is 0.548. The number of rotatable bonds is 9. The molecule has 3 atom stereocenters. The fourth-order valence-electron chi connectivity index (χ4n) is 6.03. The number of allylic oxidation sites excluding steroid dienone is 3. The number of piperidine rings is 1. The average molecular weight is 507 g/mol. The highest BCUT2D eigenvalue weighted by Crippen LogP contribution is 2.48. The van der Waals surface area contributed by atoms with Gasteiger partial charge in [0.15, 0.2) is 0 Å². The number of benzene rings is 1. The molecule has 0 unspecified atom stereocenters. The molecule has 4 rings (SSSR count). The Morgan fingerprint density at radius 2 is 1.92 bits per heavy atom. The van der Waals surface area contributed by atoms with Crippen LogP contribution in [0.3, 0.4) is 0 Å². The average Bonchev–Trinajstić information content (AvgIpc) is 3.72. The summed E-state index contributed by atoms with van der Waals surface area (Å²) >= 11 is 0. The van der Waals surface area contributed by atoms with Crippen LogP contribution in [0.2, 0.25) is 0 Å². The van der Waals surface area contributed by atoms with E-state index >= 15 is 0 Å². The molecular formula is C31H42N2O4. The summed E-state index contributed by atoms with van der Waals surface area (Å²) in [6.07, 6.45) is 13.3. The SMILES string of the molecule is C=C1/C=C\C(OC)=C/C[C@@]2(CCNC(=O)Cc3ccc(C(=O)OC)cc3)CCN(CC3CC3)[C@H](C1)[C@@H]2C. The van der Waals surface area contributed by atoms with Crippen LogP contribution in [-0.4, -0.2) is 56.7 Å². The Kier molecular flexibility index (Phi) is 8.91. The quantitative estimate of drug-likeness (QED) is 0.474. The minimum absolute atomic E-state index is 0.00175. The van der Waals surface area contributed by atoms with Crippen LogP contribution in [0.1, 0.15) is 61.4 Å². The van der Waals surface area contributed by atoms with Gasteiger partial charge in [0.1, 0.15) is 5.76 Å². The predicted octanol–water partition coefficient (Wildman–Crippen LogP) is 5.07. The summed E-state index contributed by atoms with van der Waals surface area (Å²) in [5.41, 5.74) is 2.60. The van der Waals surface area contributed by atoms with Crippen LogP contribution in [0.4, 0.5) is 0 Å². The molecule has 1 aromatic carbocycles. The molecule has 1 heterocycles. The maximum atomic E-state index is 12.8. The number of nitrogens with one attached hydrogen (secondary N) is 1. The van der Waals surface area contributed by atoms with Gasteiger partial charge in [-0.1, -0.05) is 37.3 Å². The first-order valence-corrected chi connectivity index (χ1v) is 13.6. The molecular weight excluding hydrogens is 464 g/mol. The van der Waals surface area contributed by atoms with Gasteiger partial charge < -0.3 is 14.8 Å². The zero-order valence-electron chi connectivity index (χ0n) is 22.6. The van der Waals surface area contributed by atoms with Gasteiger partial charge in [-0.25, -0.2) is 4.79 Å². The van der Waals surface area contributed by atoms with Crippen molar-refractivity contribution in [2.24, 2.45) is 17.3 Å². The minimum Gasteiger partial charge on any atom is -0.497 e. The Hall–Kier alpha value is -2.86. The number of hydrogen-bond donors (Lipinski definition) is 1. The molecule has 6 heteroatoms. The number of amides is 1. The molecule has 2 bridgehead atoms. The second kappa shape index (κ2) is 12.1. The molecule has 1 saturated carbocycles. The van der Waals surface area contributed by atoms with Gasteiger partial charge in [0.2, 0.25) is 5.91 Å². The van der Waals surface area contributed by atoms with Gasteiger partial charge in [0.05, 0.1) is 26.2 Å². The van der Waals surface area contributed by atoms with E-state index in [9.17, 15) is 9.59 Å². The molecule has 1 saturated heterocycles. The molecule has 2 fully saturated rings. The number of hydrogen-bond acceptors (Lipinski definition) is 5.